The first kappa shape index (κ1) is 20.9. The Hall–Kier alpha value is -1.42. The van der Waals surface area contributed by atoms with E-state index in [9.17, 15) is 14.6 Å². The zero-order chi connectivity index (χ0) is 18.9. The average molecular weight is 367 g/mol. The van der Waals surface area contributed by atoms with Gasteiger partial charge in [0.05, 0.1) is 18.5 Å². The minimum Gasteiger partial charge on any atom is -0.481 e. The van der Waals surface area contributed by atoms with E-state index in [-0.39, 0.29) is 12.3 Å². The Bertz CT molecular complexity index is 497. The van der Waals surface area contributed by atoms with Gasteiger partial charge in [0, 0.05) is 25.6 Å². The van der Waals surface area contributed by atoms with Crippen molar-refractivity contribution in [1.29, 1.82) is 0 Å². The number of amides is 1. The van der Waals surface area contributed by atoms with E-state index in [1.807, 2.05) is 0 Å². The first-order chi connectivity index (χ1) is 12.5. The highest BCUT2D eigenvalue weighted by molar-refractivity contribution is 6.45. The molecule has 0 saturated heterocycles. The number of hydrogen-bond acceptors (Lipinski definition) is 6. The number of carbonyl (C=O) groups is 2. The molecule has 1 fully saturated rings. The van der Waals surface area contributed by atoms with Crippen LogP contribution in [0.25, 0.3) is 0 Å². The minimum atomic E-state index is -1.21. The van der Waals surface area contributed by atoms with Gasteiger partial charge < -0.3 is 31.2 Å². The Morgan fingerprint density at radius 1 is 1.23 bits per heavy atom. The summed E-state index contributed by atoms with van der Waals surface area (Å²) in [4.78, 5) is 23.1. The summed E-state index contributed by atoms with van der Waals surface area (Å²) in [6.45, 7) is 1.46. The molecule has 0 bridgehead atoms. The predicted molar refractivity (Wildman–Crippen MR) is 98.2 cm³/mol. The minimum absolute atomic E-state index is 0.0962. The van der Waals surface area contributed by atoms with Crippen LogP contribution in [0.2, 0.25) is 0 Å². The Morgan fingerprint density at radius 3 is 2.62 bits per heavy atom. The molecule has 1 heterocycles. The van der Waals surface area contributed by atoms with Crippen molar-refractivity contribution in [3.8, 4) is 0 Å². The maximum absolute atomic E-state index is 12.3. The van der Waals surface area contributed by atoms with Crippen LogP contribution in [0.5, 0.6) is 0 Å². The van der Waals surface area contributed by atoms with Crippen molar-refractivity contribution in [2.75, 3.05) is 13.1 Å². The van der Waals surface area contributed by atoms with Gasteiger partial charge in [0.1, 0.15) is 0 Å². The molecule has 1 amide bonds. The first-order valence-corrected chi connectivity index (χ1v) is 9.42. The molecule has 9 heteroatoms. The van der Waals surface area contributed by atoms with Crippen LogP contribution < -0.4 is 16.4 Å². The number of nitrogens with one attached hydrogen (secondary N) is 2. The molecule has 2 rings (SSSR count). The van der Waals surface area contributed by atoms with Crippen molar-refractivity contribution >= 4 is 19.0 Å². The smallest absolute Gasteiger partial charge is 0.478 e. The van der Waals surface area contributed by atoms with Crippen LogP contribution in [0.1, 0.15) is 44.9 Å². The van der Waals surface area contributed by atoms with Gasteiger partial charge in [0.15, 0.2) is 0 Å². The third-order valence-electron chi connectivity index (χ3n) is 5.02. The highest BCUT2D eigenvalue weighted by Gasteiger charge is 2.33. The number of hydrogen-bond donors (Lipinski definition) is 5. The third-order valence-corrected chi connectivity index (χ3v) is 5.02. The Kier molecular flexibility index (Phi) is 8.57. The maximum atomic E-state index is 12.3. The van der Waals surface area contributed by atoms with Crippen LogP contribution in [0.3, 0.4) is 0 Å². The molecule has 0 unspecified atom stereocenters. The number of rotatable bonds is 8. The molecule has 1 saturated carbocycles. The van der Waals surface area contributed by atoms with Gasteiger partial charge in [-0.2, -0.15) is 0 Å². The van der Waals surface area contributed by atoms with Gasteiger partial charge in [0.2, 0.25) is 5.91 Å². The van der Waals surface area contributed by atoms with Crippen LogP contribution >= 0.6 is 0 Å². The van der Waals surface area contributed by atoms with E-state index in [2.05, 4.69) is 10.6 Å². The lowest BCUT2D eigenvalue weighted by molar-refractivity contribution is -0.138. The van der Waals surface area contributed by atoms with Gasteiger partial charge in [-0.1, -0.05) is 12.2 Å². The summed E-state index contributed by atoms with van der Waals surface area (Å²) in [5.41, 5.74) is 5.50. The predicted octanol–water partition coefficient (Wildman–Crippen LogP) is -0.192. The Balaban J connectivity index is 1.72. The molecule has 1 aliphatic heterocycles. The first-order valence-electron chi connectivity index (χ1n) is 9.42. The molecule has 2 atom stereocenters. The lowest BCUT2D eigenvalue weighted by Gasteiger charge is -2.29. The summed E-state index contributed by atoms with van der Waals surface area (Å²) in [5.74, 6) is -1.29. The fraction of sp³-hybridized carbons (Fsp3) is 0.765. The zero-order valence-corrected chi connectivity index (χ0v) is 15.1. The van der Waals surface area contributed by atoms with Gasteiger partial charge in [-0.3, -0.25) is 9.59 Å². The Morgan fingerprint density at radius 2 is 1.96 bits per heavy atom. The van der Waals surface area contributed by atoms with Crippen LogP contribution in [0.15, 0.2) is 12.2 Å². The quantitative estimate of drug-likeness (QED) is 0.296. The molecule has 0 aromatic carbocycles. The summed E-state index contributed by atoms with van der Waals surface area (Å²) in [7, 11) is -1.21. The molecule has 0 aromatic rings. The number of aliphatic carboxylic acids is 1. The normalized spacial score (nSPS) is 29.2. The van der Waals surface area contributed by atoms with Gasteiger partial charge >= 0.3 is 13.1 Å². The van der Waals surface area contributed by atoms with Gasteiger partial charge in [-0.15, -0.1) is 0 Å². The molecule has 2 aliphatic rings. The second-order valence-electron chi connectivity index (χ2n) is 7.17. The molecule has 6 N–H and O–H groups in total. The van der Waals surface area contributed by atoms with Crippen molar-refractivity contribution in [1.82, 2.24) is 10.6 Å². The van der Waals surface area contributed by atoms with Crippen LogP contribution in [0, 0.1) is 5.92 Å². The maximum Gasteiger partial charge on any atom is 0.478 e. The SMILES string of the molecule is NCCN[C@H]1CC[C@H](CC(=O)N[C@H]2CC=C[C@H](CC(=O)O)OB2O)CC1. The number of carboxylic acid groups (broad SMARTS) is 1. The summed E-state index contributed by atoms with van der Waals surface area (Å²) in [6, 6.07) is 0.492. The van der Waals surface area contributed by atoms with E-state index in [0.717, 1.165) is 32.2 Å². The highest BCUT2D eigenvalue weighted by Crippen LogP contribution is 2.27. The third kappa shape index (κ3) is 7.07. The summed E-state index contributed by atoms with van der Waals surface area (Å²) in [6.07, 6.45) is 7.44. The van der Waals surface area contributed by atoms with Crippen molar-refractivity contribution in [2.24, 2.45) is 11.7 Å². The van der Waals surface area contributed by atoms with E-state index in [4.69, 9.17) is 15.5 Å². The lowest BCUT2D eigenvalue weighted by atomic mass is 9.76. The molecule has 0 radical (unpaired) electrons. The monoisotopic (exact) mass is 367 g/mol. The molecule has 26 heavy (non-hydrogen) atoms. The number of carboxylic acids is 1. The summed E-state index contributed by atoms with van der Waals surface area (Å²) in [5, 5.41) is 25.2. The van der Waals surface area contributed by atoms with Crippen LogP contribution in [0.4, 0.5) is 0 Å². The second kappa shape index (κ2) is 10.7. The summed E-state index contributed by atoms with van der Waals surface area (Å²) >= 11 is 0. The van der Waals surface area contributed by atoms with Crippen molar-refractivity contribution < 1.29 is 24.4 Å². The molecular formula is C17H30BN3O5. The molecule has 0 aromatic heterocycles. The second-order valence-corrected chi connectivity index (χ2v) is 7.17. The average Bonchev–Trinajstić information content (AvgIpc) is 2.75. The molecular weight excluding hydrogens is 337 g/mol. The van der Waals surface area contributed by atoms with Gasteiger partial charge in [-0.25, -0.2) is 0 Å². The van der Waals surface area contributed by atoms with Gasteiger partial charge in [0.25, 0.3) is 0 Å². The van der Waals surface area contributed by atoms with Crippen LogP contribution in [-0.2, 0) is 14.2 Å². The molecule has 0 spiro atoms. The summed E-state index contributed by atoms with van der Waals surface area (Å²) < 4.78 is 5.33. The van der Waals surface area contributed by atoms with Crippen molar-refractivity contribution in [2.45, 2.75) is 63.0 Å². The van der Waals surface area contributed by atoms with E-state index in [0.29, 0.717) is 31.3 Å². The standard InChI is InChI=1S/C17H30BN3O5/c19-8-9-20-13-6-4-12(5-7-13)10-16(22)21-15-3-1-2-14(11-17(23)24)26-18(15)25/h1-2,12-15,20,25H,3-11,19H2,(H,21,22)(H,23,24)/t12-,13-,14-,15+/m1/s1. The van der Waals surface area contributed by atoms with Crippen LogP contribution in [-0.4, -0.2) is 60.3 Å². The van der Waals surface area contributed by atoms with E-state index in [1.54, 1.807) is 12.2 Å². The molecule has 146 valence electrons. The van der Waals surface area contributed by atoms with E-state index < -0.39 is 25.1 Å². The number of nitrogens with two attached hydrogens (primary N) is 1. The topological polar surface area (TPSA) is 134 Å². The van der Waals surface area contributed by atoms with Crippen molar-refractivity contribution in [3.63, 3.8) is 0 Å². The van der Waals surface area contributed by atoms with Crippen molar-refractivity contribution in [3.05, 3.63) is 12.2 Å². The van der Waals surface area contributed by atoms with E-state index in [1.165, 1.54) is 0 Å². The zero-order valence-electron chi connectivity index (χ0n) is 15.1. The molecule has 1 aliphatic carbocycles. The lowest BCUT2D eigenvalue weighted by Crippen LogP contribution is -2.48. The number of carbonyl (C=O) groups excluding carboxylic acids is 1. The fourth-order valence-electron chi connectivity index (χ4n) is 3.62. The fourth-order valence-corrected chi connectivity index (χ4v) is 3.62. The van der Waals surface area contributed by atoms with E-state index >= 15 is 0 Å². The Labute approximate surface area is 154 Å². The van der Waals surface area contributed by atoms with Gasteiger partial charge in [-0.05, 0) is 38.0 Å². The largest absolute Gasteiger partial charge is 0.481 e. The highest BCUT2D eigenvalue weighted by atomic mass is 16.5. The molecule has 8 nitrogen and oxygen atoms in total.